The number of halogens is 1. The van der Waals surface area contributed by atoms with Gasteiger partial charge in [0.2, 0.25) is 0 Å². The summed E-state index contributed by atoms with van der Waals surface area (Å²) in [6.45, 7) is 2.38. The Morgan fingerprint density at radius 2 is 2.07 bits per heavy atom. The smallest absolute Gasteiger partial charge is 0.289 e. The van der Waals surface area contributed by atoms with E-state index in [2.05, 4.69) is 4.98 Å². The Hall–Kier alpha value is -2.57. The second-order valence-corrected chi connectivity index (χ2v) is 7.05. The number of benzene rings is 1. The lowest BCUT2D eigenvalue weighted by atomic mass is 10.2. The maximum absolute atomic E-state index is 12.8. The Bertz CT molecular complexity index is 874. The highest BCUT2D eigenvalue weighted by atomic mass is 35.5. The summed E-state index contributed by atoms with van der Waals surface area (Å²) in [5.74, 6) is 1.01. The summed E-state index contributed by atoms with van der Waals surface area (Å²) in [6, 6.07) is 11.1. The highest BCUT2D eigenvalue weighted by molar-refractivity contribution is 6.30. The molecule has 0 saturated heterocycles. The third-order valence-corrected chi connectivity index (χ3v) is 4.45. The van der Waals surface area contributed by atoms with Crippen molar-refractivity contribution in [2.75, 3.05) is 27.2 Å². The molecule has 2 heterocycles. The van der Waals surface area contributed by atoms with E-state index in [-0.39, 0.29) is 5.91 Å². The van der Waals surface area contributed by atoms with Gasteiger partial charge in [0.1, 0.15) is 5.82 Å². The zero-order valence-electron chi connectivity index (χ0n) is 15.5. The minimum atomic E-state index is -0.140. The van der Waals surface area contributed by atoms with Crippen molar-refractivity contribution in [2.45, 2.75) is 13.1 Å². The van der Waals surface area contributed by atoms with Crippen LogP contribution in [-0.4, -0.2) is 52.4 Å². The van der Waals surface area contributed by atoms with Crippen molar-refractivity contribution in [1.29, 1.82) is 0 Å². The first-order valence-corrected chi connectivity index (χ1v) is 9.12. The molecule has 0 fully saturated rings. The quantitative estimate of drug-likeness (QED) is 0.595. The maximum Gasteiger partial charge on any atom is 0.289 e. The minimum absolute atomic E-state index is 0.140. The number of rotatable bonds is 8. The summed E-state index contributed by atoms with van der Waals surface area (Å²) in [5.41, 5.74) is 1.08. The van der Waals surface area contributed by atoms with Gasteiger partial charge in [0, 0.05) is 37.1 Å². The number of hydrogen-bond acceptors (Lipinski definition) is 4. The Morgan fingerprint density at radius 3 is 2.78 bits per heavy atom. The minimum Gasteiger partial charge on any atom is -0.459 e. The zero-order chi connectivity index (χ0) is 19.2. The molecule has 0 aliphatic heterocycles. The predicted octanol–water partition coefficient (Wildman–Crippen LogP) is 3.38. The van der Waals surface area contributed by atoms with Gasteiger partial charge < -0.3 is 18.8 Å². The first kappa shape index (κ1) is 19.2. The fourth-order valence-corrected chi connectivity index (χ4v) is 2.98. The number of aromatic nitrogens is 2. The molecular weight excluding hydrogens is 364 g/mol. The van der Waals surface area contributed by atoms with Crippen molar-refractivity contribution >= 4 is 17.5 Å². The third kappa shape index (κ3) is 5.21. The number of amides is 1. The summed E-state index contributed by atoms with van der Waals surface area (Å²) >= 11 is 6.09. The van der Waals surface area contributed by atoms with Crippen molar-refractivity contribution in [2.24, 2.45) is 0 Å². The van der Waals surface area contributed by atoms with E-state index >= 15 is 0 Å². The molecule has 0 radical (unpaired) electrons. The van der Waals surface area contributed by atoms with E-state index in [0.29, 0.717) is 30.4 Å². The molecule has 142 valence electrons. The molecule has 0 saturated carbocycles. The van der Waals surface area contributed by atoms with Gasteiger partial charge in [-0.05, 0) is 43.9 Å². The van der Waals surface area contributed by atoms with E-state index in [1.54, 1.807) is 23.2 Å². The van der Waals surface area contributed by atoms with E-state index in [4.69, 9.17) is 16.0 Å². The van der Waals surface area contributed by atoms with Gasteiger partial charge in [-0.2, -0.15) is 0 Å². The molecule has 3 aromatic rings. The lowest BCUT2D eigenvalue weighted by Gasteiger charge is -2.23. The van der Waals surface area contributed by atoms with E-state index in [1.165, 1.54) is 6.26 Å². The lowest BCUT2D eigenvalue weighted by Crippen LogP contribution is -2.36. The van der Waals surface area contributed by atoms with Crippen LogP contribution in [0.3, 0.4) is 0 Å². The molecule has 0 aliphatic carbocycles. The molecule has 0 N–H and O–H groups in total. The van der Waals surface area contributed by atoms with Gasteiger partial charge in [-0.3, -0.25) is 4.79 Å². The van der Waals surface area contributed by atoms with Crippen molar-refractivity contribution in [3.63, 3.8) is 0 Å². The van der Waals surface area contributed by atoms with E-state index in [0.717, 1.165) is 17.9 Å². The fraction of sp³-hybridized carbons (Fsp3) is 0.300. The third-order valence-electron chi connectivity index (χ3n) is 4.21. The van der Waals surface area contributed by atoms with Gasteiger partial charge in [0.05, 0.1) is 12.8 Å². The van der Waals surface area contributed by atoms with Gasteiger partial charge in [-0.1, -0.05) is 23.7 Å². The average molecular weight is 387 g/mol. The van der Waals surface area contributed by atoms with Crippen molar-refractivity contribution in [1.82, 2.24) is 19.4 Å². The summed E-state index contributed by atoms with van der Waals surface area (Å²) in [7, 11) is 3.96. The van der Waals surface area contributed by atoms with Gasteiger partial charge in [-0.25, -0.2) is 4.98 Å². The van der Waals surface area contributed by atoms with Gasteiger partial charge in [0.15, 0.2) is 5.76 Å². The molecule has 1 amide bonds. The number of carbonyl (C=O) groups excluding carboxylic acids is 1. The molecule has 1 aromatic carbocycles. The molecule has 27 heavy (non-hydrogen) atoms. The standard InChI is InChI=1S/C20H23ClN4O2/c1-23(2)10-11-25(20(26)18-7-4-12-27-18)15-19-22-8-9-24(19)14-16-5-3-6-17(21)13-16/h3-9,12-13H,10-11,14-15H2,1-2H3. The van der Waals surface area contributed by atoms with Crippen LogP contribution >= 0.6 is 11.6 Å². The van der Waals surface area contributed by atoms with Crippen LogP contribution in [0.15, 0.2) is 59.5 Å². The number of imidazole rings is 1. The van der Waals surface area contributed by atoms with E-state index in [9.17, 15) is 4.79 Å². The Morgan fingerprint density at radius 1 is 1.22 bits per heavy atom. The second kappa shape index (κ2) is 8.88. The van der Waals surface area contributed by atoms with Crippen molar-refractivity contribution in [3.05, 3.63) is 77.2 Å². The molecular formula is C20H23ClN4O2. The molecule has 3 rings (SSSR count). The maximum atomic E-state index is 12.8. The van der Waals surface area contributed by atoms with Gasteiger partial charge in [-0.15, -0.1) is 0 Å². The number of likely N-dealkylation sites (N-methyl/N-ethyl adjacent to an activating group) is 1. The van der Waals surface area contributed by atoms with Crippen LogP contribution in [0.5, 0.6) is 0 Å². The average Bonchev–Trinajstić information content (AvgIpc) is 3.30. The number of hydrogen-bond donors (Lipinski definition) is 0. The first-order chi connectivity index (χ1) is 13.0. The Balaban J connectivity index is 1.77. The highest BCUT2D eigenvalue weighted by Crippen LogP contribution is 2.14. The van der Waals surface area contributed by atoms with Crippen LogP contribution in [0, 0.1) is 0 Å². The lowest BCUT2D eigenvalue weighted by molar-refractivity contribution is 0.0693. The van der Waals surface area contributed by atoms with E-state index in [1.807, 2.05) is 54.0 Å². The van der Waals surface area contributed by atoms with Crippen molar-refractivity contribution in [3.8, 4) is 0 Å². The van der Waals surface area contributed by atoms with E-state index < -0.39 is 0 Å². The number of carbonyl (C=O) groups is 1. The Kier molecular flexibility index (Phi) is 6.32. The highest BCUT2D eigenvalue weighted by Gasteiger charge is 2.20. The first-order valence-electron chi connectivity index (χ1n) is 8.75. The molecule has 2 aromatic heterocycles. The number of furan rings is 1. The molecule has 0 spiro atoms. The summed E-state index contributed by atoms with van der Waals surface area (Å²) in [6.07, 6.45) is 5.18. The molecule has 0 bridgehead atoms. The van der Waals surface area contributed by atoms with Crippen LogP contribution in [0.4, 0.5) is 0 Å². The van der Waals surface area contributed by atoms with Gasteiger partial charge in [0.25, 0.3) is 5.91 Å². The van der Waals surface area contributed by atoms with Crippen LogP contribution in [0.25, 0.3) is 0 Å². The molecule has 0 unspecified atom stereocenters. The summed E-state index contributed by atoms with van der Waals surface area (Å²) < 4.78 is 7.33. The van der Waals surface area contributed by atoms with Crippen LogP contribution in [0.2, 0.25) is 5.02 Å². The molecule has 6 nitrogen and oxygen atoms in total. The monoisotopic (exact) mass is 386 g/mol. The van der Waals surface area contributed by atoms with Crippen LogP contribution < -0.4 is 0 Å². The largest absolute Gasteiger partial charge is 0.459 e. The Labute approximate surface area is 164 Å². The normalized spacial score (nSPS) is 11.1. The molecule has 7 heteroatoms. The van der Waals surface area contributed by atoms with Crippen molar-refractivity contribution < 1.29 is 9.21 Å². The second-order valence-electron chi connectivity index (χ2n) is 6.61. The zero-order valence-corrected chi connectivity index (χ0v) is 16.3. The summed E-state index contributed by atoms with van der Waals surface area (Å²) in [5, 5.41) is 0.703. The van der Waals surface area contributed by atoms with Gasteiger partial charge >= 0.3 is 0 Å². The van der Waals surface area contributed by atoms with Crippen LogP contribution in [-0.2, 0) is 13.1 Å². The number of nitrogens with zero attached hydrogens (tertiary/aromatic N) is 4. The molecule has 0 aliphatic rings. The predicted molar refractivity (Wildman–Crippen MR) is 105 cm³/mol. The molecule has 0 atom stereocenters. The fourth-order valence-electron chi connectivity index (χ4n) is 2.77. The SMILES string of the molecule is CN(C)CCN(Cc1nccn1Cc1cccc(Cl)c1)C(=O)c1ccco1. The van der Waals surface area contributed by atoms with Crippen LogP contribution in [0.1, 0.15) is 21.9 Å². The topological polar surface area (TPSA) is 54.5 Å². The summed E-state index contributed by atoms with van der Waals surface area (Å²) in [4.78, 5) is 21.1.